The minimum atomic E-state index is -3.73. The Labute approximate surface area is 138 Å². The number of aromatic nitrogens is 2. The summed E-state index contributed by atoms with van der Waals surface area (Å²) in [4.78, 5) is 6.41. The number of alkyl halides is 1. The summed E-state index contributed by atoms with van der Waals surface area (Å²) in [6, 6.07) is 6.02. The van der Waals surface area contributed by atoms with E-state index >= 15 is 0 Å². The summed E-state index contributed by atoms with van der Waals surface area (Å²) in [5.41, 5.74) is 0.187. The smallest absolute Gasteiger partial charge is 0.203 e. The summed E-state index contributed by atoms with van der Waals surface area (Å²) in [5.74, 6) is -0.334. The summed E-state index contributed by atoms with van der Waals surface area (Å²) in [7, 11) is -3.73. The van der Waals surface area contributed by atoms with Crippen LogP contribution in [0.4, 0.5) is 4.39 Å². The van der Waals surface area contributed by atoms with Gasteiger partial charge in [-0.3, -0.25) is 4.99 Å². The predicted octanol–water partition coefficient (Wildman–Crippen LogP) is 2.59. The van der Waals surface area contributed by atoms with E-state index in [4.69, 9.17) is 11.6 Å². The van der Waals surface area contributed by atoms with Crippen molar-refractivity contribution in [3.63, 3.8) is 0 Å². The zero-order chi connectivity index (χ0) is 16.7. The molecular formula is C15H13ClFN3O2S. The molecule has 23 heavy (non-hydrogen) atoms. The summed E-state index contributed by atoms with van der Waals surface area (Å²) in [5, 5.41) is -0.908. The van der Waals surface area contributed by atoms with Gasteiger partial charge in [0.15, 0.2) is 9.84 Å². The molecule has 0 N–H and O–H groups in total. The van der Waals surface area contributed by atoms with E-state index in [0.717, 1.165) is 6.26 Å². The number of sulfone groups is 1. The standard InChI is InChI=1S/C15H13ClFN3O2S/c1-23(21,22)15(10-18-7-6-13(15)16)20-9-8-19-14(20)11-4-2-3-5-12(11)17/h2-10,13H,1H3. The van der Waals surface area contributed by atoms with Gasteiger partial charge in [0, 0.05) is 31.1 Å². The normalized spacial score (nSPS) is 24.0. The maximum absolute atomic E-state index is 14.1. The number of hydrogen-bond donors (Lipinski definition) is 0. The fourth-order valence-corrected chi connectivity index (χ4v) is 4.54. The van der Waals surface area contributed by atoms with Gasteiger partial charge in [0.1, 0.15) is 11.6 Å². The van der Waals surface area contributed by atoms with Crippen LogP contribution in [0.5, 0.6) is 0 Å². The van der Waals surface area contributed by atoms with Crippen LogP contribution in [0.15, 0.2) is 53.9 Å². The van der Waals surface area contributed by atoms with Gasteiger partial charge in [-0.15, -0.1) is 11.6 Å². The minimum absolute atomic E-state index is 0.168. The highest BCUT2D eigenvalue weighted by molar-refractivity contribution is 7.92. The molecule has 0 fully saturated rings. The van der Waals surface area contributed by atoms with E-state index in [1.54, 1.807) is 12.1 Å². The topological polar surface area (TPSA) is 64.3 Å². The maximum Gasteiger partial charge on any atom is 0.203 e. The Kier molecular flexibility index (Phi) is 3.85. The Morgan fingerprint density at radius 3 is 2.74 bits per heavy atom. The Hall–Kier alpha value is -1.99. The third kappa shape index (κ3) is 2.40. The Morgan fingerprint density at radius 1 is 1.35 bits per heavy atom. The van der Waals surface area contributed by atoms with Crippen molar-refractivity contribution in [3.05, 3.63) is 54.8 Å². The fraction of sp³-hybridized carbons (Fsp3) is 0.200. The lowest BCUT2D eigenvalue weighted by Gasteiger charge is -2.35. The number of hydrogen-bond acceptors (Lipinski definition) is 4. The Morgan fingerprint density at radius 2 is 2.09 bits per heavy atom. The van der Waals surface area contributed by atoms with Crippen molar-refractivity contribution in [1.29, 1.82) is 0 Å². The van der Waals surface area contributed by atoms with E-state index in [1.165, 1.54) is 47.6 Å². The average molecular weight is 354 g/mol. The molecule has 0 aliphatic carbocycles. The van der Waals surface area contributed by atoms with Crippen LogP contribution in [0.1, 0.15) is 0 Å². The number of allylic oxidation sites excluding steroid dienone is 1. The van der Waals surface area contributed by atoms with E-state index in [2.05, 4.69) is 9.98 Å². The SMILES string of the molecule is CS(=O)(=O)C1(n2ccnc2-c2ccccc2F)C=NC=CC1Cl. The van der Waals surface area contributed by atoms with Gasteiger partial charge in [0.05, 0.1) is 10.9 Å². The molecule has 0 spiro atoms. The number of benzene rings is 1. The second-order valence-electron chi connectivity index (χ2n) is 5.15. The predicted molar refractivity (Wildman–Crippen MR) is 87.7 cm³/mol. The van der Waals surface area contributed by atoms with E-state index < -0.39 is 25.9 Å². The van der Waals surface area contributed by atoms with Crippen LogP contribution in [-0.2, 0) is 14.7 Å². The second-order valence-corrected chi connectivity index (χ2v) is 7.81. The summed E-state index contributed by atoms with van der Waals surface area (Å²) in [6.45, 7) is 0. The third-order valence-electron chi connectivity index (χ3n) is 3.72. The maximum atomic E-state index is 14.1. The number of rotatable bonds is 3. The Balaban J connectivity index is 2.30. The fourth-order valence-electron chi connectivity index (χ4n) is 2.59. The molecule has 2 heterocycles. The molecule has 120 valence electrons. The van der Waals surface area contributed by atoms with E-state index in [0.29, 0.717) is 0 Å². The summed E-state index contributed by atoms with van der Waals surface area (Å²) >= 11 is 6.32. The molecule has 5 nitrogen and oxygen atoms in total. The van der Waals surface area contributed by atoms with E-state index in [9.17, 15) is 12.8 Å². The zero-order valence-corrected chi connectivity index (χ0v) is 13.7. The second kappa shape index (κ2) is 5.58. The highest BCUT2D eigenvalue weighted by Crippen LogP contribution is 2.36. The summed E-state index contributed by atoms with van der Waals surface area (Å²) in [6.07, 6.45) is 8.10. The molecule has 1 aliphatic rings. The number of imidazole rings is 1. The molecule has 0 saturated heterocycles. The van der Waals surface area contributed by atoms with Gasteiger partial charge in [-0.2, -0.15) is 0 Å². The van der Waals surface area contributed by atoms with Gasteiger partial charge < -0.3 is 4.57 Å². The molecule has 1 aromatic heterocycles. The first-order valence-corrected chi connectivity index (χ1v) is 9.04. The highest BCUT2D eigenvalue weighted by atomic mass is 35.5. The van der Waals surface area contributed by atoms with Crippen LogP contribution < -0.4 is 0 Å². The first-order valence-electron chi connectivity index (χ1n) is 6.71. The monoisotopic (exact) mass is 353 g/mol. The van der Waals surface area contributed by atoms with Gasteiger partial charge in [0.25, 0.3) is 0 Å². The molecule has 2 unspecified atom stereocenters. The molecule has 0 bridgehead atoms. The van der Waals surface area contributed by atoms with Crippen molar-refractivity contribution in [1.82, 2.24) is 9.55 Å². The van der Waals surface area contributed by atoms with Crippen molar-refractivity contribution in [2.75, 3.05) is 6.26 Å². The van der Waals surface area contributed by atoms with Gasteiger partial charge in [-0.05, 0) is 18.2 Å². The van der Waals surface area contributed by atoms with Crippen LogP contribution in [0.25, 0.3) is 11.4 Å². The highest BCUT2D eigenvalue weighted by Gasteiger charge is 2.49. The number of aliphatic imine (C=N–C) groups is 1. The lowest BCUT2D eigenvalue weighted by molar-refractivity contribution is 0.512. The van der Waals surface area contributed by atoms with Gasteiger partial charge in [-0.1, -0.05) is 12.1 Å². The van der Waals surface area contributed by atoms with Crippen LogP contribution in [-0.4, -0.2) is 35.8 Å². The van der Waals surface area contributed by atoms with E-state index in [-0.39, 0.29) is 11.4 Å². The van der Waals surface area contributed by atoms with Crippen LogP contribution >= 0.6 is 11.6 Å². The van der Waals surface area contributed by atoms with Crippen molar-refractivity contribution < 1.29 is 12.8 Å². The van der Waals surface area contributed by atoms with Crippen LogP contribution in [0, 0.1) is 5.82 Å². The van der Waals surface area contributed by atoms with Crippen molar-refractivity contribution >= 4 is 27.7 Å². The molecule has 3 rings (SSSR count). The number of halogens is 2. The van der Waals surface area contributed by atoms with Gasteiger partial charge >= 0.3 is 0 Å². The van der Waals surface area contributed by atoms with Crippen molar-refractivity contribution in [2.45, 2.75) is 10.2 Å². The lowest BCUT2D eigenvalue weighted by Crippen LogP contribution is -2.50. The zero-order valence-electron chi connectivity index (χ0n) is 12.1. The molecule has 0 amide bonds. The molecular weight excluding hydrogens is 341 g/mol. The number of nitrogens with zero attached hydrogens (tertiary/aromatic N) is 3. The molecule has 2 atom stereocenters. The first kappa shape index (κ1) is 15.9. The molecule has 1 aliphatic heterocycles. The molecule has 2 aromatic rings. The molecule has 0 saturated carbocycles. The average Bonchev–Trinajstić information content (AvgIpc) is 2.96. The van der Waals surface area contributed by atoms with E-state index in [1.807, 2.05) is 0 Å². The summed E-state index contributed by atoms with van der Waals surface area (Å²) < 4.78 is 40.6. The largest absolute Gasteiger partial charge is 0.305 e. The lowest BCUT2D eigenvalue weighted by atomic mass is 10.1. The van der Waals surface area contributed by atoms with Crippen molar-refractivity contribution in [3.8, 4) is 11.4 Å². The van der Waals surface area contributed by atoms with Gasteiger partial charge in [-0.25, -0.2) is 17.8 Å². The van der Waals surface area contributed by atoms with Crippen LogP contribution in [0.2, 0.25) is 0 Å². The molecule has 0 radical (unpaired) electrons. The van der Waals surface area contributed by atoms with Crippen LogP contribution in [0.3, 0.4) is 0 Å². The molecule has 1 aromatic carbocycles. The Bertz CT molecular complexity index is 907. The minimum Gasteiger partial charge on any atom is -0.305 e. The first-order chi connectivity index (χ1) is 10.9. The molecule has 8 heteroatoms. The third-order valence-corrected chi connectivity index (χ3v) is 6.07. The van der Waals surface area contributed by atoms with Crippen molar-refractivity contribution in [2.24, 2.45) is 4.99 Å². The van der Waals surface area contributed by atoms with Gasteiger partial charge in [0.2, 0.25) is 4.87 Å². The quantitative estimate of drug-likeness (QED) is 0.797.